The number of aliphatic hydroxyl groups is 4. The SMILES string of the molecule is O=c1ccoc2cc(O[C@@H]3O[C@H](CO)[C@@H](O)[C@H](O)[C@H]3O)ccc12. The highest BCUT2D eigenvalue weighted by Crippen LogP contribution is 2.25. The number of ether oxygens (including phenoxy) is 2. The van der Waals surface area contributed by atoms with E-state index in [9.17, 15) is 20.1 Å². The Labute approximate surface area is 130 Å². The summed E-state index contributed by atoms with van der Waals surface area (Å²) in [4.78, 5) is 11.6. The van der Waals surface area contributed by atoms with Gasteiger partial charge in [-0.25, -0.2) is 0 Å². The Morgan fingerprint density at radius 1 is 1.09 bits per heavy atom. The summed E-state index contributed by atoms with van der Waals surface area (Å²) >= 11 is 0. The first kappa shape index (κ1) is 15.9. The van der Waals surface area contributed by atoms with Crippen LogP contribution in [0, 0.1) is 0 Å². The van der Waals surface area contributed by atoms with Crippen molar-refractivity contribution >= 4 is 11.0 Å². The number of hydrogen-bond acceptors (Lipinski definition) is 8. The monoisotopic (exact) mass is 324 g/mol. The van der Waals surface area contributed by atoms with Gasteiger partial charge in [0, 0.05) is 12.1 Å². The molecule has 5 atom stereocenters. The van der Waals surface area contributed by atoms with Crippen LogP contribution in [0.2, 0.25) is 0 Å². The molecule has 8 heteroatoms. The second kappa shape index (κ2) is 6.26. The first-order valence-electron chi connectivity index (χ1n) is 7.00. The number of fused-ring (bicyclic) bond motifs is 1. The van der Waals surface area contributed by atoms with Crippen molar-refractivity contribution in [2.45, 2.75) is 30.7 Å². The Hall–Kier alpha value is -1.97. The van der Waals surface area contributed by atoms with Gasteiger partial charge in [0.05, 0.1) is 18.3 Å². The topological polar surface area (TPSA) is 130 Å². The highest BCUT2D eigenvalue weighted by Gasteiger charge is 2.44. The van der Waals surface area contributed by atoms with Crippen LogP contribution in [-0.2, 0) is 4.74 Å². The minimum absolute atomic E-state index is 0.203. The van der Waals surface area contributed by atoms with E-state index in [-0.39, 0.29) is 11.2 Å². The molecule has 0 bridgehead atoms. The van der Waals surface area contributed by atoms with E-state index in [0.717, 1.165) is 0 Å². The average Bonchev–Trinajstić information content (AvgIpc) is 2.55. The van der Waals surface area contributed by atoms with Gasteiger partial charge < -0.3 is 34.3 Å². The molecular weight excluding hydrogens is 308 g/mol. The van der Waals surface area contributed by atoms with Crippen molar-refractivity contribution in [1.29, 1.82) is 0 Å². The highest BCUT2D eigenvalue weighted by molar-refractivity contribution is 5.77. The quantitative estimate of drug-likeness (QED) is 0.564. The van der Waals surface area contributed by atoms with Crippen molar-refractivity contribution < 1.29 is 34.3 Å². The summed E-state index contributed by atoms with van der Waals surface area (Å²) in [6, 6.07) is 5.72. The molecule has 0 unspecified atom stereocenters. The zero-order chi connectivity index (χ0) is 16.6. The van der Waals surface area contributed by atoms with Crippen LogP contribution in [0.4, 0.5) is 0 Å². The third kappa shape index (κ3) is 2.94. The second-order valence-corrected chi connectivity index (χ2v) is 5.26. The summed E-state index contributed by atoms with van der Waals surface area (Å²) in [5, 5.41) is 38.9. The molecule has 124 valence electrons. The number of aliphatic hydroxyl groups excluding tert-OH is 4. The maximum Gasteiger partial charge on any atom is 0.229 e. The molecule has 3 rings (SSSR count). The lowest BCUT2D eigenvalue weighted by molar-refractivity contribution is -0.277. The summed E-state index contributed by atoms with van der Waals surface area (Å²) in [6.45, 7) is -0.544. The summed E-state index contributed by atoms with van der Waals surface area (Å²) in [5.41, 5.74) is 0.0882. The van der Waals surface area contributed by atoms with Crippen molar-refractivity contribution in [3.63, 3.8) is 0 Å². The predicted octanol–water partition coefficient (Wildman–Crippen LogP) is -1.03. The third-order valence-electron chi connectivity index (χ3n) is 3.73. The van der Waals surface area contributed by atoms with Crippen LogP contribution in [0.15, 0.2) is 39.7 Å². The van der Waals surface area contributed by atoms with E-state index in [2.05, 4.69) is 0 Å². The van der Waals surface area contributed by atoms with Gasteiger partial charge in [0.1, 0.15) is 35.7 Å². The molecule has 0 saturated carbocycles. The molecule has 1 saturated heterocycles. The van der Waals surface area contributed by atoms with Gasteiger partial charge in [-0.15, -0.1) is 0 Å². The predicted molar refractivity (Wildman–Crippen MR) is 76.9 cm³/mol. The number of rotatable bonds is 3. The lowest BCUT2D eigenvalue weighted by Crippen LogP contribution is -2.60. The van der Waals surface area contributed by atoms with E-state index in [1.165, 1.54) is 30.5 Å². The Morgan fingerprint density at radius 2 is 1.87 bits per heavy atom. The van der Waals surface area contributed by atoms with Crippen LogP contribution >= 0.6 is 0 Å². The largest absolute Gasteiger partial charge is 0.464 e. The molecule has 2 heterocycles. The molecule has 0 spiro atoms. The standard InChI is InChI=1S/C15H16O8/c16-6-11-12(18)13(19)14(20)15(23-11)22-7-1-2-8-9(17)3-4-21-10(8)5-7/h1-5,11-16,18-20H,6H2/t11-,12-,13+,14-,15-/m1/s1. The molecule has 0 aliphatic carbocycles. The molecule has 0 amide bonds. The van der Waals surface area contributed by atoms with Crippen molar-refractivity contribution in [1.82, 2.24) is 0 Å². The van der Waals surface area contributed by atoms with Crippen LogP contribution in [-0.4, -0.2) is 57.7 Å². The Kier molecular flexibility index (Phi) is 4.33. The molecule has 4 N–H and O–H groups in total. The fourth-order valence-electron chi connectivity index (χ4n) is 2.43. The fourth-order valence-corrected chi connectivity index (χ4v) is 2.43. The van der Waals surface area contributed by atoms with E-state index >= 15 is 0 Å². The maximum absolute atomic E-state index is 11.6. The first-order chi connectivity index (χ1) is 11.0. The van der Waals surface area contributed by atoms with Crippen LogP contribution < -0.4 is 10.2 Å². The summed E-state index contributed by atoms with van der Waals surface area (Å²) < 4.78 is 15.9. The van der Waals surface area contributed by atoms with Gasteiger partial charge >= 0.3 is 0 Å². The lowest BCUT2D eigenvalue weighted by atomic mass is 9.99. The zero-order valence-electron chi connectivity index (χ0n) is 11.9. The summed E-state index contributed by atoms with van der Waals surface area (Å²) in [6.07, 6.45) is -5.59. The molecule has 1 aliphatic rings. The van der Waals surface area contributed by atoms with Crippen molar-refractivity contribution in [2.24, 2.45) is 0 Å². The Bertz CT molecular complexity index is 740. The van der Waals surface area contributed by atoms with Crippen LogP contribution in [0.1, 0.15) is 0 Å². The first-order valence-corrected chi connectivity index (χ1v) is 7.00. The normalized spacial score (nSPS) is 31.2. The second-order valence-electron chi connectivity index (χ2n) is 5.26. The van der Waals surface area contributed by atoms with E-state index in [0.29, 0.717) is 11.0 Å². The number of hydrogen-bond donors (Lipinski definition) is 4. The third-order valence-corrected chi connectivity index (χ3v) is 3.73. The highest BCUT2D eigenvalue weighted by atomic mass is 16.7. The molecule has 2 aromatic rings. The van der Waals surface area contributed by atoms with Gasteiger partial charge in [-0.3, -0.25) is 4.79 Å². The van der Waals surface area contributed by atoms with Crippen molar-refractivity contribution in [3.8, 4) is 5.75 Å². The zero-order valence-corrected chi connectivity index (χ0v) is 11.9. The molecule has 1 fully saturated rings. The smallest absolute Gasteiger partial charge is 0.229 e. The molecule has 1 aliphatic heterocycles. The van der Waals surface area contributed by atoms with E-state index in [1.54, 1.807) is 0 Å². The molecular formula is C15H16O8. The van der Waals surface area contributed by atoms with E-state index in [4.69, 9.17) is 19.0 Å². The molecule has 23 heavy (non-hydrogen) atoms. The molecule has 1 aromatic heterocycles. The minimum atomic E-state index is -1.52. The van der Waals surface area contributed by atoms with Crippen LogP contribution in [0.5, 0.6) is 5.75 Å². The van der Waals surface area contributed by atoms with Gasteiger partial charge in [0.2, 0.25) is 6.29 Å². The van der Waals surface area contributed by atoms with Gasteiger partial charge in [-0.05, 0) is 12.1 Å². The van der Waals surface area contributed by atoms with Crippen LogP contribution in [0.25, 0.3) is 11.0 Å². The Balaban J connectivity index is 1.84. The minimum Gasteiger partial charge on any atom is -0.464 e. The maximum atomic E-state index is 11.6. The van der Waals surface area contributed by atoms with E-state index < -0.39 is 37.3 Å². The average molecular weight is 324 g/mol. The van der Waals surface area contributed by atoms with Crippen molar-refractivity contribution in [3.05, 3.63) is 40.8 Å². The van der Waals surface area contributed by atoms with Gasteiger partial charge in [-0.2, -0.15) is 0 Å². The van der Waals surface area contributed by atoms with Gasteiger partial charge in [0.25, 0.3) is 0 Å². The van der Waals surface area contributed by atoms with Gasteiger partial charge in [-0.1, -0.05) is 0 Å². The molecule has 8 nitrogen and oxygen atoms in total. The lowest BCUT2D eigenvalue weighted by Gasteiger charge is -2.39. The summed E-state index contributed by atoms with van der Waals surface area (Å²) in [7, 11) is 0. The summed E-state index contributed by atoms with van der Waals surface area (Å²) in [5.74, 6) is 0.233. The van der Waals surface area contributed by atoms with E-state index in [1.807, 2.05) is 0 Å². The van der Waals surface area contributed by atoms with Crippen LogP contribution in [0.3, 0.4) is 0 Å². The molecule has 1 aromatic carbocycles. The Morgan fingerprint density at radius 3 is 2.61 bits per heavy atom. The molecule has 0 radical (unpaired) electrons. The number of benzene rings is 1. The van der Waals surface area contributed by atoms with Crippen molar-refractivity contribution in [2.75, 3.05) is 6.61 Å². The fraction of sp³-hybridized carbons (Fsp3) is 0.400. The van der Waals surface area contributed by atoms with Gasteiger partial charge in [0.15, 0.2) is 5.43 Å².